The van der Waals surface area contributed by atoms with Gasteiger partial charge >= 0.3 is 0 Å². The van der Waals surface area contributed by atoms with Gasteiger partial charge in [0.2, 0.25) is 0 Å². The number of pyridine rings is 1. The standard InChI is InChI=1S/C20H21Cl2N3O3/c1-24-6-2-3-17(19(24)27)20(28)25-7-4-13(5-8-25)12-23-18(26)14-9-15(21)11-16(22)10-14/h2-3,6,9-11,13H,4-5,7-8,12H2,1H3,(H,23,26). The lowest BCUT2D eigenvalue weighted by atomic mass is 9.96. The maximum absolute atomic E-state index is 12.6. The molecule has 1 aliphatic rings. The molecule has 6 nitrogen and oxygen atoms in total. The normalized spacial score (nSPS) is 14.8. The van der Waals surface area contributed by atoms with Gasteiger partial charge in [0.25, 0.3) is 17.4 Å². The lowest BCUT2D eigenvalue weighted by Gasteiger charge is -2.32. The summed E-state index contributed by atoms with van der Waals surface area (Å²) in [6.07, 6.45) is 3.14. The molecule has 8 heteroatoms. The van der Waals surface area contributed by atoms with E-state index < -0.39 is 0 Å². The second-order valence-electron chi connectivity index (χ2n) is 6.94. The van der Waals surface area contributed by atoms with Crippen LogP contribution in [0.25, 0.3) is 0 Å². The summed E-state index contributed by atoms with van der Waals surface area (Å²) >= 11 is 11.9. The Bertz CT molecular complexity index is 930. The van der Waals surface area contributed by atoms with E-state index >= 15 is 0 Å². The minimum atomic E-state index is -0.290. The smallest absolute Gasteiger partial charge is 0.263 e. The molecule has 0 atom stereocenters. The molecule has 1 fully saturated rings. The van der Waals surface area contributed by atoms with Crippen molar-refractivity contribution in [1.82, 2.24) is 14.8 Å². The maximum Gasteiger partial charge on any atom is 0.263 e. The van der Waals surface area contributed by atoms with Crippen molar-refractivity contribution in [2.24, 2.45) is 13.0 Å². The van der Waals surface area contributed by atoms with Gasteiger partial charge in [-0.25, -0.2) is 0 Å². The number of benzene rings is 1. The molecule has 28 heavy (non-hydrogen) atoms. The van der Waals surface area contributed by atoms with Crippen LogP contribution in [0.1, 0.15) is 33.6 Å². The molecule has 0 bridgehead atoms. The summed E-state index contributed by atoms with van der Waals surface area (Å²) in [5.74, 6) is -0.200. The predicted molar refractivity (Wildman–Crippen MR) is 109 cm³/mol. The van der Waals surface area contributed by atoms with Crippen molar-refractivity contribution in [2.75, 3.05) is 19.6 Å². The van der Waals surface area contributed by atoms with Gasteiger partial charge in [0, 0.05) is 48.5 Å². The number of amides is 2. The molecule has 1 N–H and O–H groups in total. The molecule has 1 aromatic carbocycles. The second-order valence-corrected chi connectivity index (χ2v) is 7.81. The molecule has 1 saturated heterocycles. The van der Waals surface area contributed by atoms with Crippen molar-refractivity contribution in [3.05, 3.63) is 68.1 Å². The fourth-order valence-electron chi connectivity index (χ4n) is 3.29. The van der Waals surface area contributed by atoms with Crippen LogP contribution >= 0.6 is 23.2 Å². The summed E-state index contributed by atoms with van der Waals surface area (Å²) in [7, 11) is 1.63. The van der Waals surface area contributed by atoms with Crippen molar-refractivity contribution >= 4 is 35.0 Å². The van der Waals surface area contributed by atoms with Gasteiger partial charge in [-0.1, -0.05) is 23.2 Å². The van der Waals surface area contributed by atoms with Crippen molar-refractivity contribution in [3.63, 3.8) is 0 Å². The van der Waals surface area contributed by atoms with E-state index in [1.54, 1.807) is 48.5 Å². The lowest BCUT2D eigenvalue weighted by molar-refractivity contribution is 0.0682. The zero-order valence-electron chi connectivity index (χ0n) is 15.5. The average molecular weight is 422 g/mol. The first-order valence-electron chi connectivity index (χ1n) is 9.04. The third-order valence-electron chi connectivity index (χ3n) is 4.93. The number of nitrogens with zero attached hydrogens (tertiary/aromatic N) is 2. The summed E-state index contributed by atoms with van der Waals surface area (Å²) in [5.41, 5.74) is 0.321. The van der Waals surface area contributed by atoms with Gasteiger partial charge in [0.1, 0.15) is 5.56 Å². The van der Waals surface area contributed by atoms with E-state index in [0.29, 0.717) is 35.2 Å². The number of halogens is 2. The van der Waals surface area contributed by atoms with Gasteiger partial charge in [0.05, 0.1) is 0 Å². The van der Waals surface area contributed by atoms with Crippen LogP contribution in [0.2, 0.25) is 10.0 Å². The quantitative estimate of drug-likeness (QED) is 0.824. The number of carbonyl (C=O) groups is 2. The number of aromatic nitrogens is 1. The number of aryl methyl sites for hydroxylation is 1. The molecule has 0 aliphatic carbocycles. The highest BCUT2D eigenvalue weighted by Gasteiger charge is 2.25. The largest absolute Gasteiger partial charge is 0.352 e. The van der Waals surface area contributed by atoms with Crippen LogP contribution in [0.3, 0.4) is 0 Å². The zero-order valence-corrected chi connectivity index (χ0v) is 17.0. The van der Waals surface area contributed by atoms with Crippen LogP contribution in [0.15, 0.2) is 41.3 Å². The number of hydrogen-bond acceptors (Lipinski definition) is 3. The van der Waals surface area contributed by atoms with Gasteiger partial charge in [-0.3, -0.25) is 14.4 Å². The SMILES string of the molecule is Cn1cccc(C(=O)N2CCC(CNC(=O)c3cc(Cl)cc(Cl)c3)CC2)c1=O. The molecule has 0 radical (unpaired) electrons. The Balaban J connectivity index is 1.53. The Morgan fingerprint density at radius 2 is 1.79 bits per heavy atom. The van der Waals surface area contributed by atoms with Crippen LogP contribution in [-0.2, 0) is 7.05 Å². The van der Waals surface area contributed by atoms with E-state index in [4.69, 9.17) is 23.2 Å². The fraction of sp³-hybridized carbons (Fsp3) is 0.350. The third kappa shape index (κ3) is 4.75. The van der Waals surface area contributed by atoms with Gasteiger partial charge in [-0.2, -0.15) is 0 Å². The molecule has 148 valence electrons. The highest BCUT2D eigenvalue weighted by molar-refractivity contribution is 6.35. The molecular formula is C20H21Cl2N3O3. The van der Waals surface area contributed by atoms with Crippen molar-refractivity contribution in [2.45, 2.75) is 12.8 Å². The number of piperidine rings is 1. The van der Waals surface area contributed by atoms with Crippen molar-refractivity contribution < 1.29 is 9.59 Å². The van der Waals surface area contributed by atoms with Gasteiger partial charge in [-0.05, 0) is 49.1 Å². The Morgan fingerprint density at radius 3 is 2.43 bits per heavy atom. The third-order valence-corrected chi connectivity index (χ3v) is 5.37. The van der Waals surface area contributed by atoms with Gasteiger partial charge in [-0.15, -0.1) is 0 Å². The molecule has 0 spiro atoms. The molecular weight excluding hydrogens is 401 g/mol. The molecule has 1 aromatic heterocycles. The summed E-state index contributed by atoms with van der Waals surface area (Å²) in [5, 5.41) is 3.73. The van der Waals surface area contributed by atoms with Crippen LogP contribution < -0.4 is 10.9 Å². The highest BCUT2D eigenvalue weighted by Crippen LogP contribution is 2.20. The maximum atomic E-state index is 12.6. The first-order chi connectivity index (χ1) is 13.3. The summed E-state index contributed by atoms with van der Waals surface area (Å²) in [6.45, 7) is 1.62. The van der Waals surface area contributed by atoms with E-state index in [9.17, 15) is 14.4 Å². The Kier molecular flexibility index (Phi) is 6.42. The van der Waals surface area contributed by atoms with Crippen LogP contribution in [0.4, 0.5) is 0 Å². The molecule has 2 heterocycles. The van der Waals surface area contributed by atoms with E-state index in [1.165, 1.54) is 4.57 Å². The topological polar surface area (TPSA) is 71.4 Å². The van der Waals surface area contributed by atoms with Crippen LogP contribution in [-0.4, -0.2) is 40.9 Å². The molecule has 1 aliphatic heterocycles. The lowest BCUT2D eigenvalue weighted by Crippen LogP contribution is -2.43. The predicted octanol–water partition coefficient (Wildman–Crippen LogP) is 2.97. The highest BCUT2D eigenvalue weighted by atomic mass is 35.5. The molecule has 3 rings (SSSR count). The minimum Gasteiger partial charge on any atom is -0.352 e. The minimum absolute atomic E-state index is 0.189. The number of hydrogen-bond donors (Lipinski definition) is 1. The monoisotopic (exact) mass is 421 g/mol. The number of nitrogens with one attached hydrogen (secondary N) is 1. The van der Waals surface area contributed by atoms with E-state index in [-0.39, 0.29) is 28.9 Å². The Morgan fingerprint density at radius 1 is 1.14 bits per heavy atom. The zero-order chi connectivity index (χ0) is 20.3. The van der Waals surface area contributed by atoms with Gasteiger partial charge < -0.3 is 14.8 Å². The number of carbonyl (C=O) groups excluding carboxylic acids is 2. The summed E-state index contributed by atoms with van der Waals surface area (Å²) < 4.78 is 1.40. The average Bonchev–Trinajstić information content (AvgIpc) is 2.67. The van der Waals surface area contributed by atoms with E-state index in [0.717, 1.165) is 12.8 Å². The Hall–Kier alpha value is -2.31. The van der Waals surface area contributed by atoms with Crippen LogP contribution in [0, 0.1) is 5.92 Å². The van der Waals surface area contributed by atoms with Gasteiger partial charge in [0.15, 0.2) is 0 Å². The van der Waals surface area contributed by atoms with E-state index in [2.05, 4.69) is 5.32 Å². The number of rotatable bonds is 4. The second kappa shape index (κ2) is 8.80. The summed E-state index contributed by atoms with van der Waals surface area (Å²) in [4.78, 5) is 38.7. The molecule has 0 saturated carbocycles. The molecule has 0 unspecified atom stereocenters. The number of likely N-dealkylation sites (tertiary alicyclic amines) is 1. The molecule has 2 aromatic rings. The van der Waals surface area contributed by atoms with Crippen molar-refractivity contribution in [3.8, 4) is 0 Å². The Labute approximate surface area is 173 Å². The van der Waals surface area contributed by atoms with Crippen molar-refractivity contribution in [1.29, 1.82) is 0 Å². The fourth-order valence-corrected chi connectivity index (χ4v) is 3.82. The first kappa shape index (κ1) is 20.4. The van der Waals surface area contributed by atoms with Crippen LogP contribution in [0.5, 0.6) is 0 Å². The van der Waals surface area contributed by atoms with E-state index in [1.807, 2.05) is 0 Å². The summed E-state index contributed by atoms with van der Waals surface area (Å²) in [6, 6.07) is 7.98. The molecule has 2 amide bonds. The first-order valence-corrected chi connectivity index (χ1v) is 9.80.